The molecule has 1 heterocycles. The van der Waals surface area contributed by atoms with Crippen molar-refractivity contribution in [2.75, 3.05) is 6.61 Å². The molecule has 0 saturated carbocycles. The van der Waals surface area contributed by atoms with Gasteiger partial charge in [0.2, 0.25) is 0 Å². The van der Waals surface area contributed by atoms with Crippen LogP contribution in [0.25, 0.3) is 0 Å². The highest BCUT2D eigenvalue weighted by Gasteiger charge is 2.16. The van der Waals surface area contributed by atoms with E-state index in [2.05, 4.69) is 0 Å². The van der Waals surface area contributed by atoms with Crippen molar-refractivity contribution in [1.82, 2.24) is 0 Å². The highest BCUT2D eigenvalue weighted by molar-refractivity contribution is 5.62. The summed E-state index contributed by atoms with van der Waals surface area (Å²) < 4.78 is 5.06. The van der Waals surface area contributed by atoms with E-state index in [0.717, 1.165) is 18.9 Å². The lowest BCUT2D eigenvalue weighted by molar-refractivity contribution is -0.134. The average molecular weight is 210 g/mol. The van der Waals surface area contributed by atoms with Crippen LogP contribution in [0.4, 0.5) is 0 Å². The van der Waals surface area contributed by atoms with Gasteiger partial charge < -0.3 is 14.9 Å². The number of aliphatic hydroxyl groups is 1. The van der Waals surface area contributed by atoms with Gasteiger partial charge >= 0.3 is 0 Å². The number of aliphatic hydroxyl groups excluding tert-OH is 1. The number of ether oxygens (including phenoxy) is 1. The van der Waals surface area contributed by atoms with E-state index >= 15 is 0 Å². The maximum atomic E-state index is 9.34. The van der Waals surface area contributed by atoms with E-state index in [9.17, 15) is 5.11 Å². The van der Waals surface area contributed by atoms with Crippen LogP contribution in [-0.4, -0.2) is 22.8 Å². The van der Waals surface area contributed by atoms with Crippen molar-refractivity contribution in [3.05, 3.63) is 35.4 Å². The molecule has 1 aromatic carbocycles. The highest BCUT2D eigenvalue weighted by Crippen LogP contribution is 2.23. The lowest BCUT2D eigenvalue weighted by atomic mass is 10.0. The number of aliphatic carboxylic acids is 1. The third kappa shape index (κ3) is 3.69. The Hall–Kier alpha value is -1.39. The Morgan fingerprint density at radius 3 is 2.67 bits per heavy atom. The zero-order chi connectivity index (χ0) is 11.3. The maximum Gasteiger partial charge on any atom is 0.300 e. The molecule has 2 rings (SSSR count). The van der Waals surface area contributed by atoms with Gasteiger partial charge in [-0.25, -0.2) is 0 Å². The molecule has 0 amide bonds. The maximum absolute atomic E-state index is 9.34. The summed E-state index contributed by atoms with van der Waals surface area (Å²) in [7, 11) is 0. The molecule has 0 fully saturated rings. The molecule has 15 heavy (non-hydrogen) atoms. The van der Waals surface area contributed by atoms with Crippen LogP contribution in [0.15, 0.2) is 24.3 Å². The molecule has 0 radical (unpaired) electrons. The van der Waals surface area contributed by atoms with Crippen LogP contribution in [0.1, 0.15) is 24.3 Å². The molecule has 1 aliphatic rings. The zero-order valence-corrected chi connectivity index (χ0v) is 8.51. The fourth-order valence-electron chi connectivity index (χ4n) is 1.37. The second-order valence-corrected chi connectivity index (χ2v) is 3.19. The van der Waals surface area contributed by atoms with Crippen LogP contribution in [-0.2, 0) is 16.0 Å². The summed E-state index contributed by atoms with van der Waals surface area (Å²) in [4.78, 5) is 9.00. The zero-order valence-electron chi connectivity index (χ0n) is 8.51. The Balaban J connectivity index is 0.000000245. The van der Waals surface area contributed by atoms with E-state index < -0.39 is 12.3 Å². The summed E-state index contributed by atoms with van der Waals surface area (Å²) in [5.41, 5.74) is 2.12. The highest BCUT2D eigenvalue weighted by atomic mass is 16.6. The van der Waals surface area contributed by atoms with Crippen LogP contribution >= 0.6 is 0 Å². The van der Waals surface area contributed by atoms with E-state index in [1.807, 2.05) is 24.3 Å². The average Bonchev–Trinajstić information content (AvgIpc) is 2.18. The Morgan fingerprint density at radius 1 is 1.47 bits per heavy atom. The topological polar surface area (TPSA) is 66.8 Å². The molecule has 0 spiro atoms. The predicted octanol–water partition coefficient (Wildman–Crippen LogP) is 1.34. The summed E-state index contributed by atoms with van der Waals surface area (Å²) in [6, 6.07) is 7.83. The molecule has 0 bridgehead atoms. The van der Waals surface area contributed by atoms with Gasteiger partial charge in [0, 0.05) is 12.5 Å². The minimum Gasteiger partial charge on any atom is -0.481 e. The molecule has 0 saturated heterocycles. The van der Waals surface area contributed by atoms with Gasteiger partial charge in [0.05, 0.1) is 6.61 Å². The van der Waals surface area contributed by atoms with Gasteiger partial charge in [-0.1, -0.05) is 24.3 Å². The van der Waals surface area contributed by atoms with Crippen LogP contribution in [0.5, 0.6) is 0 Å². The molecular formula is C11H14O4. The first-order valence-corrected chi connectivity index (χ1v) is 4.68. The first-order valence-electron chi connectivity index (χ1n) is 4.68. The van der Waals surface area contributed by atoms with E-state index in [1.165, 1.54) is 5.56 Å². The second-order valence-electron chi connectivity index (χ2n) is 3.19. The third-order valence-electron chi connectivity index (χ3n) is 1.97. The molecule has 82 valence electrons. The minimum atomic E-state index is -0.833. The lowest BCUT2D eigenvalue weighted by Crippen LogP contribution is -2.15. The molecule has 1 unspecified atom stereocenters. The van der Waals surface area contributed by atoms with Crippen molar-refractivity contribution < 1.29 is 19.7 Å². The molecule has 0 aromatic heterocycles. The summed E-state index contributed by atoms with van der Waals surface area (Å²) in [5, 5.41) is 16.8. The number of carboxylic acids is 1. The van der Waals surface area contributed by atoms with E-state index in [0.29, 0.717) is 6.61 Å². The number of benzene rings is 1. The quantitative estimate of drug-likeness (QED) is 0.678. The fourth-order valence-corrected chi connectivity index (χ4v) is 1.37. The van der Waals surface area contributed by atoms with Gasteiger partial charge in [-0.2, -0.15) is 0 Å². The number of hydrogen-bond acceptors (Lipinski definition) is 3. The first kappa shape index (κ1) is 11.7. The molecule has 1 atom stereocenters. The molecule has 0 aliphatic carbocycles. The van der Waals surface area contributed by atoms with Crippen LogP contribution < -0.4 is 0 Å². The molecule has 1 aliphatic heterocycles. The van der Waals surface area contributed by atoms with E-state index in [4.69, 9.17) is 14.6 Å². The molecular weight excluding hydrogens is 196 g/mol. The summed E-state index contributed by atoms with van der Waals surface area (Å²) in [5.74, 6) is -0.833. The van der Waals surface area contributed by atoms with Gasteiger partial charge in [0.15, 0.2) is 6.29 Å². The Bertz CT molecular complexity index is 331. The Kier molecular flexibility index (Phi) is 4.27. The van der Waals surface area contributed by atoms with E-state index in [1.54, 1.807) is 0 Å². The van der Waals surface area contributed by atoms with Gasteiger partial charge in [-0.15, -0.1) is 0 Å². The van der Waals surface area contributed by atoms with Crippen LogP contribution in [0, 0.1) is 0 Å². The monoisotopic (exact) mass is 210 g/mol. The standard InChI is InChI=1S/C9H10O2.C2H4O2/c10-9-8-4-2-1-3-7(8)5-6-11-9;1-2(3)4/h1-4,9-10H,5-6H2;1H3,(H,3,4). The van der Waals surface area contributed by atoms with Crippen molar-refractivity contribution in [2.24, 2.45) is 0 Å². The first-order chi connectivity index (χ1) is 7.11. The van der Waals surface area contributed by atoms with Gasteiger partial charge in [-0.05, 0) is 12.0 Å². The lowest BCUT2D eigenvalue weighted by Gasteiger charge is -2.21. The van der Waals surface area contributed by atoms with Gasteiger partial charge in [0.1, 0.15) is 0 Å². The SMILES string of the molecule is CC(=O)O.OC1OCCc2ccccc21. The van der Waals surface area contributed by atoms with Gasteiger partial charge in [0.25, 0.3) is 5.97 Å². The van der Waals surface area contributed by atoms with Crippen LogP contribution in [0.3, 0.4) is 0 Å². The largest absolute Gasteiger partial charge is 0.481 e. The normalized spacial score (nSPS) is 18.4. The van der Waals surface area contributed by atoms with Crippen molar-refractivity contribution in [3.8, 4) is 0 Å². The Morgan fingerprint density at radius 2 is 2.07 bits per heavy atom. The number of hydrogen-bond donors (Lipinski definition) is 2. The predicted molar refractivity (Wildman–Crippen MR) is 54.4 cm³/mol. The van der Waals surface area contributed by atoms with Crippen molar-refractivity contribution >= 4 is 5.97 Å². The number of rotatable bonds is 0. The molecule has 2 N–H and O–H groups in total. The van der Waals surface area contributed by atoms with E-state index in [-0.39, 0.29) is 0 Å². The fraction of sp³-hybridized carbons (Fsp3) is 0.364. The Labute approximate surface area is 88.1 Å². The second kappa shape index (κ2) is 5.48. The number of carbonyl (C=O) groups is 1. The van der Waals surface area contributed by atoms with Crippen molar-refractivity contribution in [2.45, 2.75) is 19.6 Å². The summed E-state index contributed by atoms with van der Waals surface area (Å²) in [6.07, 6.45) is 0.202. The smallest absolute Gasteiger partial charge is 0.300 e. The third-order valence-corrected chi connectivity index (χ3v) is 1.97. The van der Waals surface area contributed by atoms with Crippen molar-refractivity contribution in [3.63, 3.8) is 0 Å². The molecule has 4 nitrogen and oxygen atoms in total. The van der Waals surface area contributed by atoms with Gasteiger partial charge in [-0.3, -0.25) is 4.79 Å². The molecule has 4 heteroatoms. The minimum absolute atomic E-state index is 0.623. The number of fused-ring (bicyclic) bond motifs is 1. The van der Waals surface area contributed by atoms with Crippen molar-refractivity contribution in [1.29, 1.82) is 0 Å². The summed E-state index contributed by atoms with van der Waals surface area (Å²) >= 11 is 0. The number of carboxylic acid groups (broad SMARTS) is 1. The molecule has 1 aromatic rings. The van der Waals surface area contributed by atoms with Crippen LogP contribution in [0.2, 0.25) is 0 Å². The summed E-state index contributed by atoms with van der Waals surface area (Å²) in [6.45, 7) is 1.71.